The molecular weight excluding hydrogens is 308 g/mol. The molecule has 0 atom stereocenters. The lowest BCUT2D eigenvalue weighted by molar-refractivity contribution is 0.415. The van der Waals surface area contributed by atoms with Crippen molar-refractivity contribution in [3.63, 3.8) is 0 Å². The highest BCUT2D eigenvalue weighted by atomic mass is 79.9. The molecule has 0 bridgehead atoms. The molecule has 1 aromatic heterocycles. The van der Waals surface area contributed by atoms with Crippen LogP contribution in [0.25, 0.3) is 0 Å². The van der Waals surface area contributed by atoms with Gasteiger partial charge in [-0.2, -0.15) is 0 Å². The first-order valence-electron chi connectivity index (χ1n) is 5.76. The zero-order chi connectivity index (χ0) is 13.8. The van der Waals surface area contributed by atoms with Crippen molar-refractivity contribution in [1.82, 2.24) is 9.97 Å². The van der Waals surface area contributed by atoms with Crippen molar-refractivity contribution < 1.29 is 4.74 Å². The third-order valence-electron chi connectivity index (χ3n) is 2.69. The van der Waals surface area contributed by atoms with Crippen LogP contribution in [0.2, 0.25) is 0 Å². The van der Waals surface area contributed by atoms with Crippen LogP contribution in [0.1, 0.15) is 5.56 Å². The smallest absolute Gasteiger partial charge is 0.204 e. The normalized spacial score (nSPS) is 10.1. The van der Waals surface area contributed by atoms with E-state index in [1.165, 1.54) is 6.33 Å². The van der Waals surface area contributed by atoms with E-state index in [0.717, 1.165) is 15.7 Å². The summed E-state index contributed by atoms with van der Waals surface area (Å²) in [5.74, 6) is 1.84. The molecule has 2 aromatic rings. The maximum Gasteiger partial charge on any atom is 0.204 e. The number of hydrogen-bond donors (Lipinski definition) is 2. The first-order chi connectivity index (χ1) is 9.17. The second-order valence-electron chi connectivity index (χ2n) is 3.92. The molecule has 1 heterocycles. The number of methoxy groups -OCH3 is 1. The van der Waals surface area contributed by atoms with Gasteiger partial charge in [0.1, 0.15) is 6.33 Å². The largest absolute Gasteiger partial charge is 0.490 e. The molecule has 0 radical (unpaired) electrons. The summed E-state index contributed by atoms with van der Waals surface area (Å²) in [4.78, 5) is 8.33. The topological polar surface area (TPSA) is 59.1 Å². The van der Waals surface area contributed by atoms with Gasteiger partial charge in [0.25, 0.3) is 0 Å². The molecule has 1 aromatic carbocycles. The molecule has 0 fully saturated rings. The monoisotopic (exact) mass is 322 g/mol. The lowest BCUT2D eigenvalue weighted by Crippen LogP contribution is -2.03. The number of halogens is 1. The van der Waals surface area contributed by atoms with Gasteiger partial charge in [0, 0.05) is 11.5 Å². The molecule has 100 valence electrons. The predicted molar refractivity (Wildman–Crippen MR) is 80.3 cm³/mol. The first-order valence-corrected chi connectivity index (χ1v) is 6.55. The molecule has 0 saturated carbocycles. The highest BCUT2D eigenvalue weighted by Crippen LogP contribution is 2.34. The molecule has 0 unspecified atom stereocenters. The Morgan fingerprint density at radius 2 is 1.95 bits per heavy atom. The summed E-state index contributed by atoms with van der Waals surface area (Å²) < 4.78 is 6.35. The third kappa shape index (κ3) is 2.78. The van der Waals surface area contributed by atoms with Gasteiger partial charge in [-0.1, -0.05) is 12.1 Å². The number of anilines is 3. The van der Waals surface area contributed by atoms with Crippen LogP contribution in [0.4, 0.5) is 17.3 Å². The van der Waals surface area contributed by atoms with Gasteiger partial charge in [-0.3, -0.25) is 0 Å². The van der Waals surface area contributed by atoms with Crippen LogP contribution in [0.15, 0.2) is 29.0 Å². The van der Waals surface area contributed by atoms with Crippen LogP contribution in [0.3, 0.4) is 0 Å². The SMILES string of the molecule is CNc1ncnc(Nc2cccc(C)c2Br)c1OC. The van der Waals surface area contributed by atoms with E-state index >= 15 is 0 Å². The lowest BCUT2D eigenvalue weighted by Gasteiger charge is -2.14. The number of nitrogens with zero attached hydrogens (tertiary/aromatic N) is 2. The van der Waals surface area contributed by atoms with E-state index in [0.29, 0.717) is 17.4 Å². The van der Waals surface area contributed by atoms with Gasteiger partial charge in [-0.05, 0) is 34.5 Å². The highest BCUT2D eigenvalue weighted by Gasteiger charge is 2.12. The van der Waals surface area contributed by atoms with E-state index in [2.05, 4.69) is 36.5 Å². The number of ether oxygens (including phenoxy) is 1. The molecule has 0 aliphatic carbocycles. The fraction of sp³-hybridized carbons (Fsp3) is 0.231. The molecule has 0 aliphatic rings. The van der Waals surface area contributed by atoms with Crippen LogP contribution >= 0.6 is 15.9 Å². The van der Waals surface area contributed by atoms with Gasteiger partial charge in [-0.15, -0.1) is 0 Å². The average molecular weight is 323 g/mol. The molecule has 2 N–H and O–H groups in total. The molecule has 0 saturated heterocycles. The van der Waals surface area contributed by atoms with Crippen molar-refractivity contribution in [2.45, 2.75) is 6.92 Å². The Labute approximate surface area is 120 Å². The Balaban J connectivity index is 2.41. The summed E-state index contributed by atoms with van der Waals surface area (Å²) in [6.07, 6.45) is 1.49. The fourth-order valence-electron chi connectivity index (χ4n) is 1.71. The number of nitrogens with one attached hydrogen (secondary N) is 2. The summed E-state index contributed by atoms with van der Waals surface area (Å²) in [5, 5.41) is 6.22. The van der Waals surface area contributed by atoms with Crippen molar-refractivity contribution in [3.05, 3.63) is 34.6 Å². The van der Waals surface area contributed by atoms with Crippen molar-refractivity contribution in [3.8, 4) is 5.75 Å². The minimum Gasteiger partial charge on any atom is -0.490 e. The summed E-state index contributed by atoms with van der Waals surface area (Å²) in [6, 6.07) is 5.98. The standard InChI is InChI=1S/C13H15BrN4O/c1-8-5-4-6-9(10(8)14)18-13-11(19-3)12(15-2)16-7-17-13/h4-7H,1-3H3,(H2,15,16,17,18). The number of benzene rings is 1. The number of aromatic nitrogens is 2. The maximum absolute atomic E-state index is 5.34. The van der Waals surface area contributed by atoms with Crippen LogP contribution in [0, 0.1) is 6.92 Å². The van der Waals surface area contributed by atoms with Crippen molar-refractivity contribution in [2.24, 2.45) is 0 Å². The minimum atomic E-state index is 0.582. The van der Waals surface area contributed by atoms with E-state index in [-0.39, 0.29) is 0 Å². The summed E-state index contributed by atoms with van der Waals surface area (Å²) in [5.41, 5.74) is 2.07. The van der Waals surface area contributed by atoms with Crippen LogP contribution < -0.4 is 15.4 Å². The zero-order valence-electron chi connectivity index (χ0n) is 11.0. The second kappa shape index (κ2) is 5.88. The quantitative estimate of drug-likeness (QED) is 0.904. The summed E-state index contributed by atoms with van der Waals surface area (Å²) in [6.45, 7) is 2.03. The molecule has 6 heteroatoms. The Hall–Kier alpha value is -1.82. The number of rotatable bonds is 4. The van der Waals surface area contributed by atoms with Gasteiger partial charge in [0.15, 0.2) is 11.6 Å². The first kappa shape index (κ1) is 13.6. The summed E-state index contributed by atoms with van der Waals surface area (Å²) in [7, 11) is 3.38. The number of aryl methyl sites for hydroxylation is 1. The second-order valence-corrected chi connectivity index (χ2v) is 4.71. The molecule has 0 aliphatic heterocycles. The maximum atomic E-state index is 5.34. The Kier molecular flexibility index (Phi) is 4.21. The van der Waals surface area contributed by atoms with Crippen LogP contribution in [-0.4, -0.2) is 24.1 Å². The fourth-order valence-corrected chi connectivity index (χ4v) is 2.07. The molecule has 19 heavy (non-hydrogen) atoms. The van der Waals surface area contributed by atoms with E-state index in [4.69, 9.17) is 4.74 Å². The Morgan fingerprint density at radius 3 is 2.63 bits per heavy atom. The van der Waals surface area contributed by atoms with Crippen molar-refractivity contribution in [1.29, 1.82) is 0 Å². The van der Waals surface area contributed by atoms with Crippen molar-refractivity contribution >= 4 is 33.3 Å². The van der Waals surface area contributed by atoms with Gasteiger partial charge in [0.2, 0.25) is 5.75 Å². The van der Waals surface area contributed by atoms with E-state index in [1.807, 2.05) is 25.1 Å². The molecule has 0 spiro atoms. The van der Waals surface area contributed by atoms with Gasteiger partial charge in [0.05, 0.1) is 12.8 Å². The number of hydrogen-bond acceptors (Lipinski definition) is 5. The molecular formula is C13H15BrN4O. The van der Waals surface area contributed by atoms with Gasteiger partial charge in [-0.25, -0.2) is 9.97 Å². The van der Waals surface area contributed by atoms with E-state index in [1.54, 1.807) is 14.2 Å². The Morgan fingerprint density at radius 1 is 1.21 bits per heavy atom. The Bertz CT molecular complexity index is 589. The molecule has 0 amide bonds. The van der Waals surface area contributed by atoms with Crippen LogP contribution in [-0.2, 0) is 0 Å². The molecule has 2 rings (SSSR count). The van der Waals surface area contributed by atoms with E-state index < -0.39 is 0 Å². The zero-order valence-corrected chi connectivity index (χ0v) is 12.6. The average Bonchev–Trinajstić information content (AvgIpc) is 2.43. The third-order valence-corrected chi connectivity index (χ3v) is 3.74. The van der Waals surface area contributed by atoms with Gasteiger partial charge < -0.3 is 15.4 Å². The van der Waals surface area contributed by atoms with Crippen LogP contribution in [0.5, 0.6) is 5.75 Å². The van der Waals surface area contributed by atoms with Crippen molar-refractivity contribution in [2.75, 3.05) is 24.8 Å². The highest BCUT2D eigenvalue weighted by molar-refractivity contribution is 9.10. The summed E-state index contributed by atoms with van der Waals surface area (Å²) >= 11 is 3.56. The van der Waals surface area contributed by atoms with Gasteiger partial charge >= 0.3 is 0 Å². The van der Waals surface area contributed by atoms with E-state index in [9.17, 15) is 0 Å². The minimum absolute atomic E-state index is 0.582. The predicted octanol–water partition coefficient (Wildman–Crippen LogP) is 3.34. The lowest BCUT2D eigenvalue weighted by atomic mass is 10.2. The molecule has 5 nitrogen and oxygen atoms in total.